The monoisotopic (exact) mass is 218 g/mol. The first-order valence-electron chi connectivity index (χ1n) is 4.07. The molecule has 2 aliphatic carbocycles. The Bertz CT molecular complexity index is 191. The van der Waals surface area contributed by atoms with Crippen LogP contribution in [0.25, 0.3) is 0 Å². The average molecular weight is 219 g/mol. The van der Waals surface area contributed by atoms with E-state index in [4.69, 9.17) is 5.11 Å². The first-order chi connectivity index (χ1) is 5.20. The van der Waals surface area contributed by atoms with Crippen molar-refractivity contribution in [2.75, 3.05) is 0 Å². The molecule has 0 unspecified atom stereocenters. The van der Waals surface area contributed by atoms with Crippen LogP contribution in [0.1, 0.15) is 19.3 Å². The predicted octanol–water partition coefficient (Wildman–Crippen LogP) is 1.88. The Morgan fingerprint density at radius 3 is 2.36 bits per heavy atom. The van der Waals surface area contributed by atoms with Crippen LogP contribution < -0.4 is 0 Å². The van der Waals surface area contributed by atoms with Crippen molar-refractivity contribution in [2.24, 2.45) is 17.8 Å². The van der Waals surface area contributed by atoms with Crippen LogP contribution in [0.3, 0.4) is 0 Å². The fourth-order valence-electron chi connectivity index (χ4n) is 2.56. The van der Waals surface area contributed by atoms with E-state index in [1.54, 1.807) is 0 Å². The summed E-state index contributed by atoms with van der Waals surface area (Å²) in [4.78, 5) is 11.0. The number of carboxylic acid groups (broad SMARTS) is 1. The van der Waals surface area contributed by atoms with Gasteiger partial charge in [-0.1, -0.05) is 15.9 Å². The second kappa shape index (κ2) is 2.47. The van der Waals surface area contributed by atoms with Crippen LogP contribution >= 0.6 is 15.9 Å². The van der Waals surface area contributed by atoms with Crippen molar-refractivity contribution in [3.63, 3.8) is 0 Å². The quantitative estimate of drug-likeness (QED) is 0.683. The highest BCUT2D eigenvalue weighted by Crippen LogP contribution is 2.51. The van der Waals surface area contributed by atoms with Gasteiger partial charge in [0.15, 0.2) is 0 Å². The van der Waals surface area contributed by atoms with Crippen LogP contribution in [0.5, 0.6) is 0 Å². The van der Waals surface area contributed by atoms with E-state index in [2.05, 4.69) is 15.9 Å². The third-order valence-electron chi connectivity index (χ3n) is 3.10. The molecule has 2 nitrogen and oxygen atoms in total. The van der Waals surface area contributed by atoms with Gasteiger partial charge in [-0.15, -0.1) is 0 Å². The molecular formula is C8H11BrO2. The van der Waals surface area contributed by atoms with E-state index in [1.165, 1.54) is 6.42 Å². The molecule has 2 fully saturated rings. The maximum atomic E-state index is 10.8. The lowest BCUT2D eigenvalue weighted by molar-refractivity contribution is -0.143. The maximum absolute atomic E-state index is 10.8. The van der Waals surface area contributed by atoms with Crippen molar-refractivity contribution in [3.05, 3.63) is 0 Å². The molecule has 4 atom stereocenters. The van der Waals surface area contributed by atoms with Gasteiger partial charge in [-0.2, -0.15) is 0 Å². The molecule has 0 saturated heterocycles. The van der Waals surface area contributed by atoms with Gasteiger partial charge in [0, 0.05) is 4.83 Å². The Kier molecular flexibility index (Phi) is 1.71. The molecule has 3 heteroatoms. The van der Waals surface area contributed by atoms with E-state index in [0.29, 0.717) is 11.8 Å². The summed E-state index contributed by atoms with van der Waals surface area (Å²) >= 11 is 3.48. The standard InChI is InChI=1S/C8H11BrO2/c9-7-5-2-1-4(3-5)6(7)8(10)11/h4-7H,1-3H2,(H,10,11)/t4-,5-,6-,7+/m0/s1. The van der Waals surface area contributed by atoms with E-state index in [9.17, 15) is 4.79 Å². The lowest BCUT2D eigenvalue weighted by Gasteiger charge is -2.22. The number of carboxylic acids is 1. The third-order valence-corrected chi connectivity index (χ3v) is 4.42. The normalized spacial score (nSPS) is 48.1. The Balaban J connectivity index is 2.17. The molecule has 2 saturated carbocycles. The second-order valence-electron chi connectivity index (χ2n) is 3.64. The van der Waals surface area contributed by atoms with Crippen molar-refractivity contribution < 1.29 is 9.90 Å². The van der Waals surface area contributed by atoms with Gasteiger partial charge in [0.05, 0.1) is 5.92 Å². The number of hydrogen-bond donors (Lipinski definition) is 1. The lowest BCUT2D eigenvalue weighted by atomic mass is 9.89. The van der Waals surface area contributed by atoms with E-state index >= 15 is 0 Å². The molecule has 2 aliphatic rings. The molecule has 0 spiro atoms. The molecule has 2 bridgehead atoms. The van der Waals surface area contributed by atoms with Crippen molar-refractivity contribution in [2.45, 2.75) is 24.1 Å². The smallest absolute Gasteiger partial charge is 0.307 e. The van der Waals surface area contributed by atoms with Crippen molar-refractivity contribution in [1.29, 1.82) is 0 Å². The molecule has 0 radical (unpaired) electrons. The van der Waals surface area contributed by atoms with Gasteiger partial charge in [-0.25, -0.2) is 0 Å². The number of alkyl halides is 1. The molecule has 0 aromatic heterocycles. The van der Waals surface area contributed by atoms with Gasteiger partial charge in [-0.05, 0) is 31.1 Å². The molecule has 0 aromatic carbocycles. The molecule has 0 aromatic rings. The minimum atomic E-state index is -0.612. The van der Waals surface area contributed by atoms with E-state index in [0.717, 1.165) is 12.8 Å². The summed E-state index contributed by atoms with van der Waals surface area (Å²) in [5.41, 5.74) is 0. The second-order valence-corrected chi connectivity index (χ2v) is 4.70. The van der Waals surface area contributed by atoms with Gasteiger partial charge >= 0.3 is 5.97 Å². The van der Waals surface area contributed by atoms with Crippen LogP contribution in [0.15, 0.2) is 0 Å². The molecule has 2 rings (SSSR count). The topological polar surface area (TPSA) is 37.3 Å². The largest absolute Gasteiger partial charge is 0.481 e. The average Bonchev–Trinajstić information content (AvgIpc) is 2.44. The lowest BCUT2D eigenvalue weighted by Crippen LogP contribution is -2.29. The van der Waals surface area contributed by atoms with Gasteiger partial charge in [-0.3, -0.25) is 4.79 Å². The van der Waals surface area contributed by atoms with Crippen LogP contribution in [0, 0.1) is 17.8 Å². The summed E-state index contributed by atoms with van der Waals surface area (Å²) in [6.07, 6.45) is 3.49. The summed E-state index contributed by atoms with van der Waals surface area (Å²) < 4.78 is 0. The summed E-state index contributed by atoms with van der Waals surface area (Å²) in [5.74, 6) is 0.385. The fourth-order valence-corrected chi connectivity index (χ4v) is 3.70. The van der Waals surface area contributed by atoms with Gasteiger partial charge in [0.2, 0.25) is 0 Å². The minimum absolute atomic E-state index is 0.103. The molecule has 1 N–H and O–H groups in total. The molecule has 11 heavy (non-hydrogen) atoms. The number of aliphatic carboxylic acids is 1. The number of rotatable bonds is 1. The van der Waals surface area contributed by atoms with Crippen LogP contribution in [-0.4, -0.2) is 15.9 Å². The predicted molar refractivity (Wildman–Crippen MR) is 44.7 cm³/mol. The SMILES string of the molecule is O=C(O)[C@H]1[C@H]2CC[C@@H](C2)[C@H]1Br. The fraction of sp³-hybridized carbons (Fsp3) is 0.875. The van der Waals surface area contributed by atoms with Gasteiger partial charge < -0.3 is 5.11 Å². The molecule has 0 amide bonds. The molecular weight excluding hydrogens is 208 g/mol. The Labute approximate surface area is 74.1 Å². The van der Waals surface area contributed by atoms with Crippen molar-refractivity contribution >= 4 is 21.9 Å². The Morgan fingerprint density at radius 1 is 1.36 bits per heavy atom. The molecule has 0 heterocycles. The zero-order valence-electron chi connectivity index (χ0n) is 6.16. The number of hydrogen-bond acceptors (Lipinski definition) is 1. The van der Waals surface area contributed by atoms with Gasteiger partial charge in [0.25, 0.3) is 0 Å². The van der Waals surface area contributed by atoms with E-state index in [-0.39, 0.29) is 10.7 Å². The van der Waals surface area contributed by atoms with Gasteiger partial charge in [0.1, 0.15) is 0 Å². The zero-order chi connectivity index (χ0) is 8.01. The maximum Gasteiger partial charge on any atom is 0.307 e. The van der Waals surface area contributed by atoms with Crippen LogP contribution in [0.2, 0.25) is 0 Å². The summed E-state index contributed by atoms with van der Waals surface area (Å²) in [7, 11) is 0. The third kappa shape index (κ3) is 1.01. The molecule has 0 aliphatic heterocycles. The summed E-state index contributed by atoms with van der Waals surface area (Å²) in [6, 6.07) is 0. The highest BCUT2D eigenvalue weighted by Gasteiger charge is 2.49. The first-order valence-corrected chi connectivity index (χ1v) is 4.98. The van der Waals surface area contributed by atoms with Crippen LogP contribution in [-0.2, 0) is 4.79 Å². The Hall–Kier alpha value is -0.0500. The summed E-state index contributed by atoms with van der Waals surface area (Å²) in [6.45, 7) is 0. The number of halogens is 1. The number of fused-ring (bicyclic) bond motifs is 2. The summed E-state index contributed by atoms with van der Waals surface area (Å²) in [5, 5.41) is 8.88. The Morgan fingerprint density at radius 2 is 2.00 bits per heavy atom. The van der Waals surface area contributed by atoms with E-state index in [1.807, 2.05) is 0 Å². The first kappa shape index (κ1) is 7.59. The highest BCUT2D eigenvalue weighted by molar-refractivity contribution is 9.09. The minimum Gasteiger partial charge on any atom is -0.481 e. The molecule has 62 valence electrons. The van der Waals surface area contributed by atoms with Crippen LogP contribution in [0.4, 0.5) is 0 Å². The zero-order valence-corrected chi connectivity index (χ0v) is 7.75. The van der Waals surface area contributed by atoms with Crippen molar-refractivity contribution in [3.8, 4) is 0 Å². The highest BCUT2D eigenvalue weighted by atomic mass is 79.9. The number of carbonyl (C=O) groups is 1. The van der Waals surface area contributed by atoms with Crippen molar-refractivity contribution in [1.82, 2.24) is 0 Å². The van der Waals surface area contributed by atoms with E-state index < -0.39 is 5.97 Å².